The van der Waals surface area contributed by atoms with Gasteiger partial charge in [0.25, 0.3) is 0 Å². The van der Waals surface area contributed by atoms with Crippen LogP contribution in [0.1, 0.15) is 39.3 Å². The number of nitrogens with zero attached hydrogens (tertiary/aromatic N) is 2. The summed E-state index contributed by atoms with van der Waals surface area (Å²) in [6.07, 6.45) is 4.65. The second kappa shape index (κ2) is 6.35. The Bertz CT molecular complexity index is 440. The van der Waals surface area contributed by atoms with Gasteiger partial charge in [0.15, 0.2) is 0 Å². The minimum Gasteiger partial charge on any atom is -0.459 e. The predicted octanol–water partition coefficient (Wildman–Crippen LogP) is 2.43. The van der Waals surface area contributed by atoms with Crippen molar-refractivity contribution in [3.63, 3.8) is 0 Å². The van der Waals surface area contributed by atoms with Crippen LogP contribution >= 0.6 is 0 Å². The number of pyridine rings is 1. The van der Waals surface area contributed by atoms with E-state index in [1.807, 2.05) is 45.2 Å². The van der Waals surface area contributed by atoms with Gasteiger partial charge >= 0.3 is 5.97 Å². The van der Waals surface area contributed by atoms with Gasteiger partial charge in [-0.25, -0.2) is 0 Å². The maximum absolute atomic E-state index is 12.2. The Balaban J connectivity index is 1.89. The van der Waals surface area contributed by atoms with Gasteiger partial charge < -0.3 is 4.74 Å². The average Bonchev–Trinajstić information content (AvgIpc) is 2.84. The maximum Gasteiger partial charge on any atom is 0.323 e. The fourth-order valence-electron chi connectivity index (χ4n) is 2.53. The number of carbonyl (C=O) groups excluding carboxylic acids is 1. The zero-order chi connectivity index (χ0) is 14.6. The maximum atomic E-state index is 12.2. The van der Waals surface area contributed by atoms with Crippen LogP contribution in [-0.2, 0) is 16.0 Å². The molecule has 0 amide bonds. The Morgan fingerprint density at radius 2 is 2.25 bits per heavy atom. The van der Waals surface area contributed by atoms with E-state index in [2.05, 4.69) is 9.88 Å². The van der Waals surface area contributed by atoms with E-state index in [1.165, 1.54) is 0 Å². The van der Waals surface area contributed by atoms with Crippen LogP contribution in [0.2, 0.25) is 0 Å². The SMILES string of the molecule is CC(C)(C)OC(=O)[C@H]1CCCN1CCc1ccccn1. The average molecular weight is 276 g/mol. The van der Waals surface area contributed by atoms with Gasteiger partial charge in [-0.3, -0.25) is 14.7 Å². The molecule has 1 aliphatic heterocycles. The standard InChI is InChI=1S/C16H24N2O2/c1-16(2,3)20-15(19)14-8-6-11-18(14)12-9-13-7-4-5-10-17-13/h4-5,7,10,14H,6,8-9,11-12H2,1-3H3/t14-/m1/s1. The Morgan fingerprint density at radius 3 is 2.90 bits per heavy atom. The summed E-state index contributed by atoms with van der Waals surface area (Å²) in [4.78, 5) is 18.8. The Kier molecular flexibility index (Phi) is 4.76. The monoisotopic (exact) mass is 276 g/mol. The van der Waals surface area contributed by atoms with Gasteiger partial charge in [-0.2, -0.15) is 0 Å². The number of hydrogen-bond acceptors (Lipinski definition) is 4. The predicted molar refractivity (Wildman–Crippen MR) is 78.4 cm³/mol. The van der Waals surface area contributed by atoms with Crippen LogP contribution in [0.15, 0.2) is 24.4 Å². The van der Waals surface area contributed by atoms with E-state index in [4.69, 9.17) is 4.74 Å². The van der Waals surface area contributed by atoms with Crippen molar-refractivity contribution in [3.8, 4) is 0 Å². The number of hydrogen-bond donors (Lipinski definition) is 0. The highest BCUT2D eigenvalue weighted by atomic mass is 16.6. The molecule has 1 fully saturated rings. The quantitative estimate of drug-likeness (QED) is 0.792. The zero-order valence-electron chi connectivity index (χ0n) is 12.6. The van der Waals surface area contributed by atoms with Crippen molar-refractivity contribution < 1.29 is 9.53 Å². The molecule has 0 N–H and O–H groups in total. The lowest BCUT2D eigenvalue weighted by atomic mass is 10.1. The van der Waals surface area contributed by atoms with Crippen molar-refractivity contribution in [2.24, 2.45) is 0 Å². The van der Waals surface area contributed by atoms with Gasteiger partial charge in [0.1, 0.15) is 11.6 Å². The molecule has 1 aromatic rings. The summed E-state index contributed by atoms with van der Waals surface area (Å²) in [5, 5.41) is 0. The molecule has 4 nitrogen and oxygen atoms in total. The van der Waals surface area contributed by atoms with Crippen LogP contribution in [0.4, 0.5) is 0 Å². The van der Waals surface area contributed by atoms with Gasteiger partial charge in [0.2, 0.25) is 0 Å². The molecule has 0 radical (unpaired) electrons. The van der Waals surface area contributed by atoms with E-state index in [0.29, 0.717) is 0 Å². The third kappa shape index (κ3) is 4.30. The number of carbonyl (C=O) groups is 1. The van der Waals surface area contributed by atoms with Gasteiger partial charge in [0.05, 0.1) is 0 Å². The minimum atomic E-state index is -0.410. The van der Waals surface area contributed by atoms with Gasteiger partial charge in [-0.15, -0.1) is 0 Å². The lowest BCUT2D eigenvalue weighted by molar-refractivity contribution is -0.160. The molecule has 1 saturated heterocycles. The number of aromatic nitrogens is 1. The van der Waals surface area contributed by atoms with Crippen molar-refractivity contribution in [1.82, 2.24) is 9.88 Å². The Hall–Kier alpha value is -1.42. The van der Waals surface area contributed by atoms with Gasteiger partial charge in [-0.05, 0) is 52.3 Å². The van der Waals surface area contributed by atoms with Crippen molar-refractivity contribution in [3.05, 3.63) is 30.1 Å². The van der Waals surface area contributed by atoms with Crippen LogP contribution in [0, 0.1) is 0 Å². The molecule has 2 heterocycles. The number of esters is 1. The molecule has 0 saturated carbocycles. The van der Waals surface area contributed by atoms with Crippen LogP contribution in [0.5, 0.6) is 0 Å². The summed E-state index contributed by atoms with van der Waals surface area (Å²) >= 11 is 0. The summed E-state index contributed by atoms with van der Waals surface area (Å²) < 4.78 is 5.51. The van der Waals surface area contributed by atoms with E-state index in [-0.39, 0.29) is 12.0 Å². The van der Waals surface area contributed by atoms with Gasteiger partial charge in [0, 0.05) is 24.9 Å². The number of ether oxygens (including phenoxy) is 1. The lowest BCUT2D eigenvalue weighted by Crippen LogP contribution is -2.41. The van der Waals surface area contributed by atoms with Crippen molar-refractivity contribution in [2.75, 3.05) is 13.1 Å². The summed E-state index contributed by atoms with van der Waals surface area (Å²) in [7, 11) is 0. The van der Waals surface area contributed by atoms with E-state index in [0.717, 1.165) is 38.0 Å². The number of likely N-dealkylation sites (tertiary alicyclic amines) is 1. The highest BCUT2D eigenvalue weighted by molar-refractivity contribution is 5.76. The molecule has 110 valence electrons. The molecule has 0 aromatic carbocycles. The first-order chi connectivity index (χ1) is 9.46. The first-order valence-corrected chi connectivity index (χ1v) is 7.32. The normalized spacial score (nSPS) is 20.1. The molecule has 2 rings (SSSR count). The minimum absolute atomic E-state index is 0.0852. The van der Waals surface area contributed by atoms with E-state index in [1.54, 1.807) is 0 Å². The van der Waals surface area contributed by atoms with Gasteiger partial charge in [-0.1, -0.05) is 6.07 Å². The van der Waals surface area contributed by atoms with Crippen LogP contribution in [0.25, 0.3) is 0 Å². The Morgan fingerprint density at radius 1 is 1.45 bits per heavy atom. The smallest absolute Gasteiger partial charge is 0.323 e. The first-order valence-electron chi connectivity index (χ1n) is 7.32. The van der Waals surface area contributed by atoms with Crippen LogP contribution < -0.4 is 0 Å². The molecule has 0 bridgehead atoms. The topological polar surface area (TPSA) is 42.4 Å². The highest BCUT2D eigenvalue weighted by Gasteiger charge is 2.33. The fraction of sp³-hybridized carbons (Fsp3) is 0.625. The van der Waals surface area contributed by atoms with E-state index < -0.39 is 5.60 Å². The largest absolute Gasteiger partial charge is 0.459 e. The molecule has 4 heteroatoms. The van der Waals surface area contributed by atoms with Crippen LogP contribution in [-0.4, -0.2) is 40.6 Å². The molecule has 0 spiro atoms. The van der Waals surface area contributed by atoms with Crippen molar-refractivity contribution >= 4 is 5.97 Å². The summed E-state index contributed by atoms with van der Waals surface area (Å²) in [5.74, 6) is -0.0870. The molecule has 0 unspecified atom stereocenters. The second-order valence-electron chi connectivity index (χ2n) is 6.30. The molecular formula is C16H24N2O2. The van der Waals surface area contributed by atoms with E-state index in [9.17, 15) is 4.79 Å². The van der Waals surface area contributed by atoms with Crippen molar-refractivity contribution in [2.45, 2.75) is 51.7 Å². The summed E-state index contributed by atoms with van der Waals surface area (Å²) in [6.45, 7) is 7.58. The highest BCUT2D eigenvalue weighted by Crippen LogP contribution is 2.21. The van der Waals surface area contributed by atoms with E-state index >= 15 is 0 Å². The first kappa shape index (κ1) is 15.0. The molecule has 1 atom stereocenters. The summed E-state index contributed by atoms with van der Waals surface area (Å²) in [6, 6.07) is 5.86. The molecular weight excluding hydrogens is 252 g/mol. The molecule has 0 aliphatic carbocycles. The lowest BCUT2D eigenvalue weighted by Gasteiger charge is -2.27. The Labute approximate surface area is 121 Å². The number of rotatable bonds is 4. The van der Waals surface area contributed by atoms with Crippen molar-refractivity contribution in [1.29, 1.82) is 0 Å². The second-order valence-corrected chi connectivity index (χ2v) is 6.30. The summed E-state index contributed by atoms with van der Waals surface area (Å²) in [5.41, 5.74) is 0.661. The van der Waals surface area contributed by atoms with Crippen LogP contribution in [0.3, 0.4) is 0 Å². The fourth-order valence-corrected chi connectivity index (χ4v) is 2.53. The molecule has 1 aliphatic rings. The third-order valence-electron chi connectivity index (χ3n) is 3.42. The molecule has 20 heavy (non-hydrogen) atoms. The zero-order valence-corrected chi connectivity index (χ0v) is 12.6. The molecule has 1 aromatic heterocycles. The third-order valence-corrected chi connectivity index (χ3v) is 3.42.